The summed E-state index contributed by atoms with van der Waals surface area (Å²) in [5.74, 6) is 0. The first-order chi connectivity index (χ1) is 5.20. The molecule has 0 saturated carbocycles. The van der Waals surface area contributed by atoms with Crippen molar-refractivity contribution in [1.29, 1.82) is 0 Å². The van der Waals surface area contributed by atoms with Crippen LogP contribution in [0.3, 0.4) is 0 Å². The summed E-state index contributed by atoms with van der Waals surface area (Å²) >= 11 is 4.88. The van der Waals surface area contributed by atoms with Gasteiger partial charge in [-0.25, -0.2) is 0 Å². The topological polar surface area (TPSA) is 33.3 Å². The molecule has 0 aromatic carbocycles. The van der Waals surface area contributed by atoms with Crippen molar-refractivity contribution in [1.82, 2.24) is 10.6 Å². The molecular formula is C7H16N2OS. The van der Waals surface area contributed by atoms with Crippen LogP contribution in [0, 0.1) is 0 Å². The Labute approximate surface area is 73.5 Å². The molecule has 1 unspecified atom stereocenters. The maximum atomic E-state index is 5.06. The van der Waals surface area contributed by atoms with Gasteiger partial charge in [0.25, 0.3) is 0 Å². The Morgan fingerprint density at radius 2 is 2.27 bits per heavy atom. The maximum absolute atomic E-state index is 5.06. The molecule has 0 saturated heterocycles. The molecule has 0 aliphatic carbocycles. The van der Waals surface area contributed by atoms with Crippen LogP contribution in [0.25, 0.3) is 0 Å². The fourth-order valence-electron chi connectivity index (χ4n) is 0.595. The fraction of sp³-hybridized carbons (Fsp3) is 0.857. The van der Waals surface area contributed by atoms with Gasteiger partial charge < -0.3 is 15.4 Å². The highest BCUT2D eigenvalue weighted by Crippen LogP contribution is 1.91. The van der Waals surface area contributed by atoms with E-state index in [4.69, 9.17) is 17.0 Å². The molecule has 0 rings (SSSR count). The summed E-state index contributed by atoms with van der Waals surface area (Å²) in [5, 5.41) is 6.56. The van der Waals surface area contributed by atoms with E-state index in [1.165, 1.54) is 0 Å². The minimum atomic E-state index is 0.294. The third-order valence-electron chi connectivity index (χ3n) is 1.47. The molecule has 0 spiro atoms. The molecule has 0 bridgehead atoms. The Balaban J connectivity index is 3.20. The van der Waals surface area contributed by atoms with Crippen molar-refractivity contribution in [2.24, 2.45) is 0 Å². The zero-order chi connectivity index (χ0) is 8.69. The Kier molecular flexibility index (Phi) is 6.16. The largest absolute Gasteiger partial charge is 0.382 e. The van der Waals surface area contributed by atoms with Crippen LogP contribution in [0.1, 0.15) is 13.3 Å². The van der Waals surface area contributed by atoms with Gasteiger partial charge in [0.15, 0.2) is 5.11 Å². The highest BCUT2D eigenvalue weighted by Gasteiger charge is 1.98. The number of ether oxygens (including phenoxy) is 1. The van der Waals surface area contributed by atoms with Gasteiger partial charge in [0.1, 0.15) is 0 Å². The van der Waals surface area contributed by atoms with Crippen molar-refractivity contribution in [3.63, 3.8) is 0 Å². The Morgan fingerprint density at radius 1 is 1.64 bits per heavy atom. The van der Waals surface area contributed by atoms with Gasteiger partial charge >= 0.3 is 0 Å². The Bertz CT molecular complexity index is 119. The van der Waals surface area contributed by atoms with E-state index in [2.05, 4.69) is 10.6 Å². The summed E-state index contributed by atoms with van der Waals surface area (Å²) in [4.78, 5) is 0. The summed E-state index contributed by atoms with van der Waals surface area (Å²) in [7, 11) is 3.51. The highest BCUT2D eigenvalue weighted by molar-refractivity contribution is 7.80. The number of hydrogen-bond donors (Lipinski definition) is 2. The maximum Gasteiger partial charge on any atom is 0.166 e. The molecule has 1 atom stereocenters. The van der Waals surface area contributed by atoms with E-state index in [1.54, 1.807) is 14.2 Å². The second-order valence-corrected chi connectivity index (χ2v) is 2.75. The lowest BCUT2D eigenvalue weighted by Crippen LogP contribution is -2.34. The molecular weight excluding hydrogens is 160 g/mol. The minimum Gasteiger partial charge on any atom is -0.382 e. The summed E-state index contributed by atoms with van der Waals surface area (Å²) in [6.07, 6.45) is 1.26. The van der Waals surface area contributed by atoms with Crippen molar-refractivity contribution in [3.8, 4) is 0 Å². The van der Waals surface area contributed by atoms with Crippen molar-refractivity contribution in [2.75, 3.05) is 20.7 Å². The average Bonchev–Trinajstić information content (AvgIpc) is 2.04. The van der Waals surface area contributed by atoms with Gasteiger partial charge in [-0.15, -0.1) is 0 Å². The van der Waals surface area contributed by atoms with E-state index in [0.29, 0.717) is 11.2 Å². The molecule has 0 fully saturated rings. The summed E-state index contributed by atoms with van der Waals surface area (Å²) in [5.41, 5.74) is 0. The normalized spacial score (nSPS) is 12.3. The van der Waals surface area contributed by atoms with Gasteiger partial charge in [0.2, 0.25) is 0 Å². The third-order valence-corrected chi connectivity index (χ3v) is 1.81. The number of nitrogens with one attached hydrogen (secondary N) is 2. The molecule has 2 N–H and O–H groups in total. The van der Waals surface area contributed by atoms with Crippen LogP contribution >= 0.6 is 12.2 Å². The van der Waals surface area contributed by atoms with Gasteiger partial charge in [-0.05, 0) is 25.6 Å². The van der Waals surface area contributed by atoms with Gasteiger partial charge in [-0.1, -0.05) is 0 Å². The van der Waals surface area contributed by atoms with Gasteiger partial charge in [0, 0.05) is 20.7 Å². The van der Waals surface area contributed by atoms with Gasteiger partial charge in [0.05, 0.1) is 6.10 Å². The van der Waals surface area contributed by atoms with Crippen LogP contribution in [0.4, 0.5) is 0 Å². The monoisotopic (exact) mass is 176 g/mol. The SMILES string of the molecule is CNC(=S)NCCC(C)OC. The lowest BCUT2D eigenvalue weighted by Gasteiger charge is -2.10. The van der Waals surface area contributed by atoms with E-state index in [-0.39, 0.29) is 0 Å². The fourth-order valence-corrected chi connectivity index (χ4v) is 0.697. The third kappa shape index (κ3) is 6.06. The molecule has 0 aromatic rings. The first-order valence-corrected chi connectivity index (χ1v) is 4.10. The Morgan fingerprint density at radius 3 is 2.73 bits per heavy atom. The van der Waals surface area contributed by atoms with Crippen LogP contribution in [-0.4, -0.2) is 31.9 Å². The molecule has 3 nitrogen and oxygen atoms in total. The number of thiocarbonyl (C=S) groups is 1. The first-order valence-electron chi connectivity index (χ1n) is 3.69. The van der Waals surface area contributed by atoms with Crippen LogP contribution in [-0.2, 0) is 4.74 Å². The molecule has 11 heavy (non-hydrogen) atoms. The number of hydrogen-bond acceptors (Lipinski definition) is 2. The van der Waals surface area contributed by atoms with Crippen LogP contribution in [0.5, 0.6) is 0 Å². The highest BCUT2D eigenvalue weighted by atomic mass is 32.1. The van der Waals surface area contributed by atoms with Gasteiger partial charge in [-0.2, -0.15) is 0 Å². The van der Waals surface area contributed by atoms with Crippen molar-refractivity contribution in [2.45, 2.75) is 19.4 Å². The summed E-state index contributed by atoms with van der Waals surface area (Å²) in [6.45, 7) is 2.89. The standard InChI is InChI=1S/C7H16N2OS/c1-6(10-3)4-5-9-7(11)8-2/h6H,4-5H2,1-3H3,(H2,8,9,11). The zero-order valence-electron chi connectivity index (χ0n) is 7.31. The molecule has 66 valence electrons. The zero-order valence-corrected chi connectivity index (χ0v) is 8.12. The van der Waals surface area contributed by atoms with E-state index in [0.717, 1.165) is 13.0 Å². The number of methoxy groups -OCH3 is 1. The Hall–Kier alpha value is -0.350. The molecule has 0 radical (unpaired) electrons. The smallest absolute Gasteiger partial charge is 0.166 e. The molecule has 4 heteroatoms. The van der Waals surface area contributed by atoms with E-state index in [1.807, 2.05) is 6.92 Å². The van der Waals surface area contributed by atoms with Crippen LogP contribution in [0.15, 0.2) is 0 Å². The quantitative estimate of drug-likeness (QED) is 0.611. The summed E-state index contributed by atoms with van der Waals surface area (Å²) < 4.78 is 5.06. The summed E-state index contributed by atoms with van der Waals surface area (Å²) in [6, 6.07) is 0. The van der Waals surface area contributed by atoms with Crippen molar-refractivity contribution < 1.29 is 4.74 Å². The second kappa shape index (κ2) is 6.37. The lowest BCUT2D eigenvalue weighted by molar-refractivity contribution is 0.112. The van der Waals surface area contributed by atoms with Crippen LogP contribution in [0.2, 0.25) is 0 Å². The second-order valence-electron chi connectivity index (χ2n) is 2.34. The average molecular weight is 176 g/mol. The van der Waals surface area contributed by atoms with Crippen LogP contribution < -0.4 is 10.6 Å². The van der Waals surface area contributed by atoms with E-state index >= 15 is 0 Å². The van der Waals surface area contributed by atoms with Crippen molar-refractivity contribution in [3.05, 3.63) is 0 Å². The predicted octanol–water partition coefficient (Wildman–Crippen LogP) is 0.505. The minimum absolute atomic E-state index is 0.294. The molecule has 0 aromatic heterocycles. The van der Waals surface area contributed by atoms with Gasteiger partial charge in [-0.3, -0.25) is 0 Å². The van der Waals surface area contributed by atoms with E-state index < -0.39 is 0 Å². The molecule has 0 aliphatic heterocycles. The first kappa shape index (κ1) is 10.7. The number of rotatable bonds is 4. The molecule has 0 aliphatic rings. The predicted molar refractivity (Wildman–Crippen MR) is 50.7 cm³/mol. The van der Waals surface area contributed by atoms with E-state index in [9.17, 15) is 0 Å². The molecule has 0 heterocycles. The molecule has 0 amide bonds. The lowest BCUT2D eigenvalue weighted by atomic mass is 10.3. The van der Waals surface area contributed by atoms with Crippen molar-refractivity contribution >= 4 is 17.3 Å².